The number of halogens is 1. The van der Waals surface area contributed by atoms with Gasteiger partial charge in [-0.15, -0.1) is 17.3 Å². The van der Waals surface area contributed by atoms with E-state index in [-0.39, 0.29) is 5.82 Å². The second-order valence-electron chi connectivity index (χ2n) is 7.05. The molecule has 0 amide bonds. The van der Waals surface area contributed by atoms with Gasteiger partial charge in [-0.25, -0.2) is 4.39 Å². The van der Waals surface area contributed by atoms with Crippen molar-refractivity contribution < 1.29 is 8.94 Å². The van der Waals surface area contributed by atoms with E-state index in [1.807, 2.05) is 45.0 Å². The van der Waals surface area contributed by atoms with Gasteiger partial charge in [0.1, 0.15) is 21.9 Å². The van der Waals surface area contributed by atoms with Crippen LogP contribution >= 0.6 is 11.3 Å². The molecule has 0 aliphatic heterocycles. The average molecular weight is 386 g/mol. The summed E-state index contributed by atoms with van der Waals surface area (Å²) in [5.41, 5.74) is 1.77. The second kappa shape index (κ2) is 7.03. The van der Waals surface area contributed by atoms with E-state index in [4.69, 9.17) is 0 Å². The van der Waals surface area contributed by atoms with Crippen molar-refractivity contribution in [2.45, 2.75) is 39.4 Å². The molecule has 0 saturated heterocycles. The number of rotatable bonds is 2. The first-order valence-electron chi connectivity index (χ1n) is 8.27. The van der Waals surface area contributed by atoms with Crippen LogP contribution in [0.1, 0.15) is 45.7 Å². The fraction of sp³-hybridized carbons (Fsp3) is 0.286. The van der Waals surface area contributed by atoms with Crippen molar-refractivity contribution in [1.82, 2.24) is 0 Å². The van der Waals surface area contributed by atoms with Crippen LogP contribution in [0.2, 0.25) is 0 Å². The second-order valence-corrected chi connectivity index (χ2v) is 10.0. The molecule has 0 saturated carbocycles. The molecule has 0 N–H and O–H groups in total. The molecular formula is C21H20FNOS2. The number of nitrogens with zero attached hydrogens (tertiary/aromatic N) is 1. The molecule has 3 aromatic rings. The quantitative estimate of drug-likeness (QED) is 0.310. The van der Waals surface area contributed by atoms with E-state index in [0.29, 0.717) is 11.3 Å². The summed E-state index contributed by atoms with van der Waals surface area (Å²) in [6, 6.07) is 9.38. The van der Waals surface area contributed by atoms with Crippen molar-refractivity contribution in [1.29, 1.82) is 0 Å². The zero-order valence-electron chi connectivity index (χ0n) is 15.4. The molecule has 2 nitrogen and oxygen atoms in total. The van der Waals surface area contributed by atoms with E-state index in [9.17, 15) is 8.94 Å². The minimum Gasteiger partial charge on any atom is -0.591 e. The summed E-state index contributed by atoms with van der Waals surface area (Å²) >= 11 is 0.125. The summed E-state index contributed by atoms with van der Waals surface area (Å²) in [5.74, 6) is 5.62. The monoisotopic (exact) mass is 385 g/mol. The number of fused-ring (bicyclic) bond motifs is 3. The zero-order chi connectivity index (χ0) is 19.1. The number of thiophene rings is 1. The highest BCUT2D eigenvalue weighted by atomic mass is 32.2. The largest absolute Gasteiger partial charge is 0.591 e. The van der Waals surface area contributed by atoms with Crippen molar-refractivity contribution in [2.75, 3.05) is 0 Å². The molecule has 0 bridgehead atoms. The lowest BCUT2D eigenvalue weighted by Crippen LogP contribution is -2.26. The smallest absolute Gasteiger partial charge is 0.144 e. The van der Waals surface area contributed by atoms with Gasteiger partial charge >= 0.3 is 0 Å². The Kier molecular flexibility index (Phi) is 5.12. The summed E-state index contributed by atoms with van der Waals surface area (Å²) < 4.78 is 32.7. The predicted molar refractivity (Wildman–Crippen MR) is 112 cm³/mol. The van der Waals surface area contributed by atoms with E-state index in [2.05, 4.69) is 16.2 Å². The molecule has 2 aromatic carbocycles. The molecule has 0 aliphatic carbocycles. The van der Waals surface area contributed by atoms with Crippen LogP contribution in [-0.2, 0) is 11.4 Å². The van der Waals surface area contributed by atoms with Gasteiger partial charge in [0.2, 0.25) is 0 Å². The summed E-state index contributed by atoms with van der Waals surface area (Å²) in [5, 5.41) is 2.02. The first-order valence-corrected chi connectivity index (χ1v) is 10.2. The molecule has 0 aliphatic rings. The van der Waals surface area contributed by atoms with Crippen molar-refractivity contribution in [2.24, 2.45) is 4.40 Å². The number of hydrogen-bond donors (Lipinski definition) is 0. The summed E-state index contributed by atoms with van der Waals surface area (Å²) in [6.07, 6.45) is 0. The zero-order valence-corrected chi connectivity index (χ0v) is 17.1. The van der Waals surface area contributed by atoms with E-state index < -0.39 is 16.1 Å². The molecule has 0 radical (unpaired) electrons. The fourth-order valence-corrected chi connectivity index (χ4v) is 4.32. The Morgan fingerprint density at radius 2 is 1.85 bits per heavy atom. The van der Waals surface area contributed by atoms with Gasteiger partial charge in [-0.1, -0.05) is 10.3 Å². The predicted octanol–water partition coefficient (Wildman–Crippen LogP) is 5.84. The molecule has 1 aromatic heterocycles. The van der Waals surface area contributed by atoms with E-state index in [1.54, 1.807) is 31.3 Å². The minimum absolute atomic E-state index is 0.343. The van der Waals surface area contributed by atoms with Gasteiger partial charge < -0.3 is 4.55 Å². The van der Waals surface area contributed by atoms with Crippen LogP contribution in [0, 0.1) is 17.7 Å². The van der Waals surface area contributed by atoms with Crippen LogP contribution in [0.4, 0.5) is 4.39 Å². The molecule has 0 unspecified atom stereocenters. The molecule has 3 rings (SSSR count). The lowest BCUT2D eigenvalue weighted by molar-refractivity contribution is 0.561. The van der Waals surface area contributed by atoms with Gasteiger partial charge in [0.15, 0.2) is 0 Å². The van der Waals surface area contributed by atoms with Gasteiger partial charge in [0, 0.05) is 31.3 Å². The lowest BCUT2D eigenvalue weighted by atomic mass is 10.0. The maximum atomic E-state index is 14.7. The van der Waals surface area contributed by atoms with Gasteiger partial charge in [0.05, 0.1) is 5.71 Å². The Balaban J connectivity index is 2.19. The summed E-state index contributed by atoms with van der Waals surface area (Å²) in [6.45, 7) is 9.06. The Labute approximate surface area is 160 Å². The molecule has 26 heavy (non-hydrogen) atoms. The molecule has 0 spiro atoms. The molecule has 0 fully saturated rings. The fourth-order valence-electron chi connectivity index (χ4n) is 2.61. The lowest BCUT2D eigenvalue weighted by Gasteiger charge is -2.18. The third-order valence-electron chi connectivity index (χ3n) is 3.96. The van der Waals surface area contributed by atoms with E-state index >= 15 is 0 Å². The Hall–Kier alpha value is -1.87. The maximum absolute atomic E-state index is 14.7. The molecule has 5 heteroatoms. The molecule has 134 valence electrons. The van der Waals surface area contributed by atoms with E-state index in [0.717, 1.165) is 25.7 Å². The Morgan fingerprint density at radius 1 is 1.15 bits per heavy atom. The van der Waals surface area contributed by atoms with E-state index in [1.165, 1.54) is 0 Å². The number of benzene rings is 2. The van der Waals surface area contributed by atoms with Gasteiger partial charge in [-0.2, -0.15) is 0 Å². The summed E-state index contributed by atoms with van der Waals surface area (Å²) in [4.78, 5) is 0. The summed E-state index contributed by atoms with van der Waals surface area (Å²) in [7, 11) is 0. The van der Waals surface area contributed by atoms with Crippen LogP contribution in [0.25, 0.3) is 20.2 Å². The highest BCUT2D eigenvalue weighted by Crippen LogP contribution is 2.36. The van der Waals surface area contributed by atoms with Crippen LogP contribution in [0.3, 0.4) is 0 Å². The molecule has 1 heterocycles. The van der Waals surface area contributed by atoms with Gasteiger partial charge in [-0.05, 0) is 65.0 Å². The number of hydrogen-bond acceptors (Lipinski definition) is 3. The third kappa shape index (κ3) is 3.64. The highest BCUT2D eigenvalue weighted by Gasteiger charge is 2.27. The minimum atomic E-state index is -1.43. The van der Waals surface area contributed by atoms with Crippen LogP contribution < -0.4 is 0 Å². The Morgan fingerprint density at radius 3 is 2.50 bits per heavy atom. The third-order valence-corrected chi connectivity index (χ3v) is 6.58. The van der Waals surface area contributed by atoms with Crippen LogP contribution in [0.5, 0.6) is 0 Å². The van der Waals surface area contributed by atoms with Gasteiger partial charge in [0.25, 0.3) is 0 Å². The molecule has 1 atom stereocenters. The van der Waals surface area contributed by atoms with Gasteiger partial charge in [-0.3, -0.25) is 0 Å². The standard InChI is InChI=1S/C21H20FNOS2/c1-6-7-14-8-9-19-16(10-14)17-11-15(18(22)12-20(17)25-19)13(2)23-26(24)21(3,4)5/h8-12H,1-5H3/b23-13+/t26-/m1/s1. The SMILES string of the molecule is CC#Cc1ccc2sc3cc(F)c(/C(C)=N/[S@+]([O-])C(C)(C)C)cc3c2c1. The first kappa shape index (κ1) is 18.9. The van der Waals surface area contributed by atoms with Crippen molar-refractivity contribution in [3.8, 4) is 11.8 Å². The van der Waals surface area contributed by atoms with Crippen molar-refractivity contribution in [3.63, 3.8) is 0 Å². The molecular weight excluding hydrogens is 365 g/mol. The topological polar surface area (TPSA) is 35.4 Å². The first-order chi connectivity index (χ1) is 12.2. The Bertz CT molecular complexity index is 1080. The average Bonchev–Trinajstić information content (AvgIpc) is 2.90. The maximum Gasteiger partial charge on any atom is 0.144 e. The van der Waals surface area contributed by atoms with Crippen molar-refractivity contribution in [3.05, 3.63) is 47.3 Å². The van der Waals surface area contributed by atoms with Crippen LogP contribution in [0.15, 0.2) is 34.7 Å². The highest BCUT2D eigenvalue weighted by molar-refractivity contribution is 7.91. The van der Waals surface area contributed by atoms with Crippen molar-refractivity contribution >= 4 is 48.6 Å². The van der Waals surface area contributed by atoms with Crippen LogP contribution in [-0.4, -0.2) is 15.0 Å². The normalized spacial score (nSPS) is 13.7.